The molecule has 7 heteroatoms. The molecule has 130 valence electrons. The van der Waals surface area contributed by atoms with Crippen LogP contribution in [0, 0.1) is 5.82 Å². The van der Waals surface area contributed by atoms with Gasteiger partial charge in [-0.2, -0.15) is 0 Å². The van der Waals surface area contributed by atoms with E-state index in [1.165, 1.54) is 33.4 Å². The first kappa shape index (κ1) is 16.9. The molecule has 0 saturated carbocycles. The van der Waals surface area contributed by atoms with Gasteiger partial charge in [0, 0.05) is 13.6 Å². The number of nitrogens with one attached hydrogen (secondary N) is 1. The van der Waals surface area contributed by atoms with Crippen LogP contribution < -0.4 is 11.0 Å². The standard InChI is InChI=1S/C18H18FN3O3/c1-21-14-4-2-3-5-15(14)22(18(21)25)11-17(24)20-10-16(23)12-6-8-13(19)9-7-12/h2-9,16,23H,10-11H2,1H3,(H,20,24). The Balaban J connectivity index is 1.68. The van der Waals surface area contributed by atoms with Crippen molar-refractivity contribution in [1.29, 1.82) is 0 Å². The summed E-state index contributed by atoms with van der Waals surface area (Å²) >= 11 is 0. The maximum absolute atomic E-state index is 12.9. The van der Waals surface area contributed by atoms with E-state index < -0.39 is 11.9 Å². The van der Waals surface area contributed by atoms with Crippen LogP contribution in [0.25, 0.3) is 11.0 Å². The minimum Gasteiger partial charge on any atom is -0.387 e. The number of aromatic nitrogens is 2. The Morgan fingerprint density at radius 1 is 1.16 bits per heavy atom. The van der Waals surface area contributed by atoms with Gasteiger partial charge in [0.1, 0.15) is 12.4 Å². The molecule has 2 N–H and O–H groups in total. The third-order valence-electron chi connectivity index (χ3n) is 4.10. The molecule has 0 bridgehead atoms. The van der Waals surface area contributed by atoms with E-state index in [1.54, 1.807) is 19.2 Å². The van der Waals surface area contributed by atoms with Crippen molar-refractivity contribution < 1.29 is 14.3 Å². The van der Waals surface area contributed by atoms with Gasteiger partial charge in [-0.25, -0.2) is 9.18 Å². The maximum Gasteiger partial charge on any atom is 0.329 e. The minimum absolute atomic E-state index is 0.0238. The summed E-state index contributed by atoms with van der Waals surface area (Å²) in [7, 11) is 1.65. The van der Waals surface area contributed by atoms with Crippen molar-refractivity contribution in [2.75, 3.05) is 6.54 Å². The number of carbonyl (C=O) groups excluding carboxylic acids is 1. The summed E-state index contributed by atoms with van der Waals surface area (Å²) in [6.07, 6.45) is -0.950. The monoisotopic (exact) mass is 343 g/mol. The van der Waals surface area contributed by atoms with Gasteiger partial charge in [-0.05, 0) is 29.8 Å². The van der Waals surface area contributed by atoms with Crippen LogP contribution in [0.3, 0.4) is 0 Å². The van der Waals surface area contributed by atoms with E-state index in [-0.39, 0.29) is 24.7 Å². The fourth-order valence-corrected chi connectivity index (χ4v) is 2.73. The number of amides is 1. The number of fused-ring (bicyclic) bond motifs is 1. The van der Waals surface area contributed by atoms with E-state index in [1.807, 2.05) is 12.1 Å². The molecule has 1 amide bonds. The van der Waals surface area contributed by atoms with Crippen LogP contribution in [-0.2, 0) is 18.4 Å². The second-order valence-corrected chi connectivity index (χ2v) is 5.79. The number of aliphatic hydroxyl groups is 1. The molecule has 0 aliphatic rings. The molecule has 3 aromatic rings. The van der Waals surface area contributed by atoms with Crippen molar-refractivity contribution in [3.8, 4) is 0 Å². The second-order valence-electron chi connectivity index (χ2n) is 5.79. The van der Waals surface area contributed by atoms with Gasteiger partial charge in [0.25, 0.3) is 0 Å². The summed E-state index contributed by atoms with van der Waals surface area (Å²) in [6.45, 7) is -0.166. The average molecular weight is 343 g/mol. The lowest BCUT2D eigenvalue weighted by Crippen LogP contribution is -2.34. The number of aliphatic hydroxyl groups excluding tert-OH is 1. The number of benzene rings is 2. The quantitative estimate of drug-likeness (QED) is 0.734. The number of halogens is 1. The molecule has 0 saturated heterocycles. The Morgan fingerprint density at radius 3 is 2.48 bits per heavy atom. The van der Waals surface area contributed by atoms with Gasteiger partial charge < -0.3 is 10.4 Å². The van der Waals surface area contributed by atoms with E-state index in [2.05, 4.69) is 5.32 Å². The molecule has 1 unspecified atom stereocenters. The first-order valence-corrected chi connectivity index (χ1v) is 7.82. The van der Waals surface area contributed by atoms with Crippen LogP contribution in [0.15, 0.2) is 53.3 Å². The summed E-state index contributed by atoms with van der Waals surface area (Å²) in [5.74, 6) is -0.782. The summed E-state index contributed by atoms with van der Waals surface area (Å²) in [6, 6.07) is 12.6. The van der Waals surface area contributed by atoms with Crippen LogP contribution in [0.1, 0.15) is 11.7 Å². The maximum atomic E-state index is 12.9. The molecule has 1 aromatic heterocycles. The molecule has 0 aliphatic heterocycles. The number of rotatable bonds is 5. The van der Waals surface area contributed by atoms with E-state index in [0.29, 0.717) is 11.1 Å². The van der Waals surface area contributed by atoms with E-state index >= 15 is 0 Å². The van der Waals surface area contributed by atoms with Crippen LogP contribution in [0.4, 0.5) is 4.39 Å². The molecule has 0 aliphatic carbocycles. The summed E-state index contributed by atoms with van der Waals surface area (Å²) in [4.78, 5) is 24.4. The van der Waals surface area contributed by atoms with E-state index in [0.717, 1.165) is 5.52 Å². The zero-order valence-electron chi connectivity index (χ0n) is 13.6. The smallest absolute Gasteiger partial charge is 0.329 e. The number of hydrogen-bond acceptors (Lipinski definition) is 3. The number of carbonyl (C=O) groups is 1. The van der Waals surface area contributed by atoms with Crippen molar-refractivity contribution in [3.63, 3.8) is 0 Å². The molecule has 0 fully saturated rings. The van der Waals surface area contributed by atoms with Gasteiger partial charge in [-0.1, -0.05) is 24.3 Å². The van der Waals surface area contributed by atoms with Gasteiger partial charge >= 0.3 is 5.69 Å². The first-order chi connectivity index (χ1) is 12.0. The fourth-order valence-electron chi connectivity index (χ4n) is 2.73. The molecule has 2 aromatic carbocycles. The molecule has 25 heavy (non-hydrogen) atoms. The van der Waals surface area contributed by atoms with Crippen LogP contribution in [0.2, 0.25) is 0 Å². The molecule has 1 atom stereocenters. The zero-order valence-corrected chi connectivity index (χ0v) is 13.6. The highest BCUT2D eigenvalue weighted by Gasteiger charge is 2.14. The SMILES string of the molecule is Cn1c(=O)n(CC(=O)NCC(O)c2ccc(F)cc2)c2ccccc21. The van der Waals surface area contributed by atoms with Gasteiger partial charge in [0.15, 0.2) is 0 Å². The molecule has 1 heterocycles. The Kier molecular flexibility index (Phi) is 4.67. The topological polar surface area (TPSA) is 76.3 Å². The third-order valence-corrected chi connectivity index (χ3v) is 4.10. The van der Waals surface area contributed by atoms with Crippen LogP contribution in [-0.4, -0.2) is 26.7 Å². The summed E-state index contributed by atoms with van der Waals surface area (Å²) < 4.78 is 15.8. The number of nitrogens with zero attached hydrogens (tertiary/aromatic N) is 2. The lowest BCUT2D eigenvalue weighted by molar-refractivity contribution is -0.122. The largest absolute Gasteiger partial charge is 0.387 e. The van der Waals surface area contributed by atoms with Crippen LogP contribution >= 0.6 is 0 Å². The predicted molar refractivity (Wildman–Crippen MR) is 91.5 cm³/mol. The zero-order chi connectivity index (χ0) is 18.0. The Labute approximate surface area is 143 Å². The van der Waals surface area contributed by atoms with Crippen molar-refractivity contribution in [2.24, 2.45) is 7.05 Å². The van der Waals surface area contributed by atoms with Gasteiger partial charge in [-0.3, -0.25) is 13.9 Å². The Bertz CT molecular complexity index is 960. The highest BCUT2D eigenvalue weighted by molar-refractivity contribution is 5.80. The minimum atomic E-state index is -0.950. The molecular weight excluding hydrogens is 325 g/mol. The molecule has 0 radical (unpaired) electrons. The number of aryl methyl sites for hydroxylation is 1. The molecular formula is C18H18FN3O3. The second kappa shape index (κ2) is 6.90. The van der Waals surface area contributed by atoms with E-state index in [4.69, 9.17) is 0 Å². The lowest BCUT2D eigenvalue weighted by atomic mass is 10.1. The Morgan fingerprint density at radius 2 is 1.80 bits per heavy atom. The molecule has 6 nitrogen and oxygen atoms in total. The fraction of sp³-hybridized carbons (Fsp3) is 0.222. The normalized spacial score (nSPS) is 12.3. The van der Waals surface area contributed by atoms with Gasteiger partial charge in [-0.15, -0.1) is 0 Å². The highest BCUT2D eigenvalue weighted by atomic mass is 19.1. The summed E-state index contributed by atoms with van der Waals surface area (Å²) in [5.41, 5.74) is 1.63. The van der Waals surface area contributed by atoms with Crippen molar-refractivity contribution in [2.45, 2.75) is 12.6 Å². The van der Waals surface area contributed by atoms with Crippen molar-refractivity contribution in [3.05, 3.63) is 70.4 Å². The average Bonchev–Trinajstić information content (AvgIpc) is 2.85. The highest BCUT2D eigenvalue weighted by Crippen LogP contribution is 2.13. The third kappa shape index (κ3) is 3.46. The van der Waals surface area contributed by atoms with E-state index in [9.17, 15) is 19.1 Å². The molecule has 3 rings (SSSR count). The summed E-state index contributed by atoms with van der Waals surface area (Å²) in [5, 5.41) is 12.6. The molecule has 0 spiro atoms. The Hall–Kier alpha value is -2.93. The van der Waals surface area contributed by atoms with Crippen molar-refractivity contribution in [1.82, 2.24) is 14.5 Å². The van der Waals surface area contributed by atoms with Gasteiger partial charge in [0.2, 0.25) is 5.91 Å². The van der Waals surface area contributed by atoms with Crippen molar-refractivity contribution >= 4 is 16.9 Å². The number of imidazole rings is 1. The first-order valence-electron chi connectivity index (χ1n) is 7.82. The lowest BCUT2D eigenvalue weighted by Gasteiger charge is -2.12. The number of hydrogen-bond donors (Lipinski definition) is 2. The predicted octanol–water partition coefficient (Wildman–Crippen LogP) is 1.33. The van der Waals surface area contributed by atoms with Crippen LogP contribution in [0.5, 0.6) is 0 Å². The number of para-hydroxylation sites is 2. The van der Waals surface area contributed by atoms with Gasteiger partial charge in [0.05, 0.1) is 17.1 Å².